The van der Waals surface area contributed by atoms with E-state index in [1.165, 1.54) is 20.0 Å². The van der Waals surface area contributed by atoms with E-state index in [4.69, 9.17) is 14.7 Å². The maximum absolute atomic E-state index is 15.5. The molecule has 16 heteroatoms. The highest BCUT2D eigenvalue weighted by Crippen LogP contribution is 2.59. The maximum atomic E-state index is 15.5. The van der Waals surface area contributed by atoms with Crippen LogP contribution in [0.3, 0.4) is 0 Å². The number of fused-ring (bicyclic) bond motifs is 1. The summed E-state index contributed by atoms with van der Waals surface area (Å²) >= 11 is 0. The number of aromatic nitrogens is 4. The van der Waals surface area contributed by atoms with E-state index in [1.807, 2.05) is 51.1 Å². The van der Waals surface area contributed by atoms with Gasteiger partial charge in [-0.15, -0.1) is 0 Å². The number of nitrogens with zero attached hydrogens (tertiary/aromatic N) is 4. The predicted octanol–water partition coefficient (Wildman–Crippen LogP) is 7.72. The van der Waals surface area contributed by atoms with E-state index in [9.17, 15) is 14.4 Å². The third kappa shape index (κ3) is 9.58. The number of aromatic amines is 2. The summed E-state index contributed by atoms with van der Waals surface area (Å²) in [6.07, 6.45) is 5.30. The number of carbonyl (C=O) groups excluding carboxylic acids is 3. The number of benzene rings is 2. The van der Waals surface area contributed by atoms with Crippen LogP contribution in [0.15, 0.2) is 42.5 Å². The Hall–Kier alpha value is -3.78. The summed E-state index contributed by atoms with van der Waals surface area (Å²) in [6, 6.07) is 11.9. The van der Waals surface area contributed by atoms with Gasteiger partial charge in [-0.3, -0.25) is 9.59 Å². The van der Waals surface area contributed by atoms with Gasteiger partial charge in [0.25, 0.3) is 0 Å². The van der Waals surface area contributed by atoms with Gasteiger partial charge in [0, 0.05) is 35.7 Å². The molecule has 2 aromatic carbocycles. The average Bonchev–Trinajstić information content (AvgIpc) is 3.84. The lowest BCUT2D eigenvalue weighted by atomic mass is 9.96. The number of H-pyrrole nitrogens is 2. The smallest absolute Gasteiger partial charge is 0.407 e. The van der Waals surface area contributed by atoms with Gasteiger partial charge < -0.3 is 29.8 Å². The van der Waals surface area contributed by atoms with Gasteiger partial charge in [0.2, 0.25) is 17.8 Å². The molecule has 0 unspecified atom stereocenters. The fourth-order valence-electron chi connectivity index (χ4n) is 8.41. The molecule has 0 bridgehead atoms. The first-order valence-electron chi connectivity index (χ1n) is 19.6. The molecule has 2 spiro atoms. The van der Waals surface area contributed by atoms with E-state index in [0.717, 1.165) is 53.8 Å². The second-order valence-corrected chi connectivity index (χ2v) is 17.2. The van der Waals surface area contributed by atoms with Gasteiger partial charge in [0.15, 0.2) is 0 Å². The number of halogens is 1. The minimum atomic E-state index is -0.774. The number of rotatable bonds is 8. The monoisotopic (exact) mass is 883 g/mol. The van der Waals surface area contributed by atoms with Crippen LogP contribution in [-0.2, 0) is 14.3 Å². The zero-order valence-electron chi connectivity index (χ0n) is 34.5. The Morgan fingerprint density at radius 3 is 1.86 bits per heavy atom. The topological polar surface area (TPSA) is 136 Å². The Kier molecular flexibility index (Phi) is 15.0. The molecule has 4 heterocycles. The minimum absolute atomic E-state index is 0. The first-order valence-corrected chi connectivity index (χ1v) is 19.6. The van der Waals surface area contributed by atoms with Crippen molar-refractivity contribution in [3.8, 4) is 23.1 Å². The number of carbonyl (C=O) groups is 3. The van der Waals surface area contributed by atoms with Crippen molar-refractivity contribution in [1.82, 2.24) is 35.1 Å². The van der Waals surface area contributed by atoms with Gasteiger partial charge in [0.05, 0.1) is 30.2 Å². The first kappa shape index (κ1) is 47.9. The second kappa shape index (κ2) is 18.5. The summed E-state index contributed by atoms with van der Waals surface area (Å²) in [5.74, 6) is 7.21. The summed E-state index contributed by atoms with van der Waals surface area (Å²) in [6.45, 7) is 11.3. The molecule has 2 aliphatic carbocycles. The van der Waals surface area contributed by atoms with Gasteiger partial charge in [-0.05, 0) is 91.5 Å². The molecule has 11 nitrogen and oxygen atoms in total. The van der Waals surface area contributed by atoms with Gasteiger partial charge in [-0.2, -0.15) is 58.4 Å². The lowest BCUT2D eigenvalue weighted by Gasteiger charge is -2.30. The van der Waals surface area contributed by atoms with E-state index >= 15 is 4.39 Å². The second-order valence-electron chi connectivity index (χ2n) is 17.2. The summed E-state index contributed by atoms with van der Waals surface area (Å²) in [5.41, 5.74) is 4.35. The molecule has 4 aliphatic rings. The van der Waals surface area contributed by atoms with Crippen LogP contribution < -0.4 is 5.32 Å². The zero-order chi connectivity index (χ0) is 38.8. The van der Waals surface area contributed by atoms with Crippen LogP contribution in [0.2, 0.25) is 0 Å². The highest BCUT2D eigenvalue weighted by Gasteiger charge is 2.56. The fraction of sp³-hybridized carbons (Fsp3) is 0.512. The van der Waals surface area contributed by atoms with Crippen LogP contribution in [0.5, 0.6) is 0 Å². The number of likely N-dealkylation sites (tertiary alicyclic amines) is 2. The number of hydrogen-bond acceptors (Lipinski definition) is 6. The Morgan fingerprint density at radius 1 is 0.780 bits per heavy atom. The molecule has 59 heavy (non-hydrogen) atoms. The van der Waals surface area contributed by atoms with Gasteiger partial charge in [-0.25, -0.2) is 14.8 Å². The third-order valence-corrected chi connectivity index (χ3v) is 12.6. The van der Waals surface area contributed by atoms with Crippen molar-refractivity contribution < 1.29 is 23.5 Å². The number of alkyl carbamates (subject to hydrolysis) is 1. The molecular formula is C43H58FN7O4S4. The van der Waals surface area contributed by atoms with E-state index in [-0.39, 0.29) is 106 Å². The quantitative estimate of drug-likeness (QED) is 0.155. The SMILES string of the molecule is COC(=O)N[C@H](C(=O)N1CC2(CC2)C[C@H]1c1nc(-c2ccc(C#Cc3ccc4nc([C@@H]5CC6(CC6)CN5C(=O)[C@@H](C)C(C)C)[nH]c4c3)cc2)c(F)[nH]1)C(C)C.S.S.S.S. The largest absolute Gasteiger partial charge is 0.453 e. The Labute approximate surface area is 374 Å². The fourth-order valence-corrected chi connectivity index (χ4v) is 8.41. The standard InChI is InChI=1S/C43H50FN7O4.4H2S/c1-24(2)26(5)39(52)50-22-42(15-16-42)20-32(50)37-45-30-14-11-28(19-31(30)46-37)8-7-27-9-12-29(13-10-27)35-36(44)49-38(47-35)33-21-43(17-18-43)23-51(33)40(53)34(25(3)4)48-41(54)55-6;;;;/h9-14,19,24-26,32-34H,15-18,20-23H2,1-6H3,(H,45,46)(H,47,49)(H,48,54);4*1H2/t26-,32-,33-,34-;;;;/m0..../s1. The Morgan fingerprint density at radius 2 is 1.32 bits per heavy atom. The van der Waals surface area contributed by atoms with Gasteiger partial charge in [0.1, 0.15) is 23.4 Å². The zero-order valence-corrected chi connectivity index (χ0v) is 38.5. The van der Waals surface area contributed by atoms with Crippen LogP contribution in [0.25, 0.3) is 22.3 Å². The van der Waals surface area contributed by atoms with Crippen molar-refractivity contribution in [2.75, 3.05) is 20.2 Å². The van der Waals surface area contributed by atoms with Crippen LogP contribution in [0, 0.1) is 46.4 Å². The van der Waals surface area contributed by atoms with E-state index in [2.05, 4.69) is 45.9 Å². The van der Waals surface area contributed by atoms with Crippen LogP contribution in [-0.4, -0.2) is 73.9 Å². The number of hydrogen-bond donors (Lipinski definition) is 3. The van der Waals surface area contributed by atoms with Crippen LogP contribution in [0.4, 0.5) is 9.18 Å². The predicted molar refractivity (Wildman–Crippen MR) is 247 cm³/mol. The summed E-state index contributed by atoms with van der Waals surface area (Å²) in [5, 5.41) is 2.68. The van der Waals surface area contributed by atoms with Crippen molar-refractivity contribution in [2.24, 2.45) is 28.6 Å². The lowest BCUT2D eigenvalue weighted by Crippen LogP contribution is -2.51. The third-order valence-electron chi connectivity index (χ3n) is 12.6. The molecule has 4 aromatic rings. The van der Waals surface area contributed by atoms with Crippen molar-refractivity contribution >= 4 is 82.9 Å². The molecule has 3 N–H and O–H groups in total. The normalized spacial score (nSPS) is 20.2. The minimum Gasteiger partial charge on any atom is -0.453 e. The average molecular weight is 884 g/mol. The molecule has 0 radical (unpaired) electrons. The van der Waals surface area contributed by atoms with Crippen molar-refractivity contribution in [3.05, 3.63) is 71.2 Å². The van der Waals surface area contributed by atoms with Crippen LogP contribution >= 0.6 is 54.0 Å². The molecular weight excluding hydrogens is 826 g/mol. The summed E-state index contributed by atoms with van der Waals surface area (Å²) < 4.78 is 20.3. The number of methoxy groups -OCH3 is 1. The van der Waals surface area contributed by atoms with E-state index < -0.39 is 24.1 Å². The van der Waals surface area contributed by atoms with E-state index in [0.29, 0.717) is 24.4 Å². The molecule has 2 saturated carbocycles. The number of ether oxygens (including phenoxy) is 1. The van der Waals surface area contributed by atoms with Crippen LogP contribution in [0.1, 0.15) is 108 Å². The summed E-state index contributed by atoms with van der Waals surface area (Å²) in [7, 11) is 1.27. The first-order chi connectivity index (χ1) is 26.3. The molecule has 2 aliphatic heterocycles. The van der Waals surface area contributed by atoms with E-state index in [1.54, 1.807) is 17.0 Å². The number of imidazole rings is 2. The van der Waals surface area contributed by atoms with Crippen molar-refractivity contribution in [1.29, 1.82) is 0 Å². The Bertz CT molecular complexity index is 2230. The molecule has 2 aromatic heterocycles. The van der Waals surface area contributed by atoms with Gasteiger partial charge >= 0.3 is 6.09 Å². The Balaban J connectivity index is 0.00000192. The highest BCUT2D eigenvalue weighted by atomic mass is 32.1. The van der Waals surface area contributed by atoms with Crippen molar-refractivity contribution in [2.45, 2.75) is 91.3 Å². The van der Waals surface area contributed by atoms with Crippen molar-refractivity contribution in [3.63, 3.8) is 0 Å². The molecule has 2 saturated heterocycles. The summed E-state index contributed by atoms with van der Waals surface area (Å²) in [4.78, 5) is 59.1. The number of amides is 3. The number of nitrogens with one attached hydrogen (secondary N) is 3. The lowest BCUT2D eigenvalue weighted by molar-refractivity contribution is -0.137. The maximum Gasteiger partial charge on any atom is 0.407 e. The molecule has 320 valence electrons. The molecule has 4 fully saturated rings. The molecule has 3 amide bonds. The molecule has 4 atom stereocenters. The van der Waals surface area contributed by atoms with Gasteiger partial charge in [-0.1, -0.05) is 58.6 Å². The highest BCUT2D eigenvalue weighted by molar-refractivity contribution is 7.59. The molecule has 8 rings (SSSR count).